The molecule has 5 rings (SSSR count). The Labute approximate surface area is 343 Å². The number of Topliss-reactive ketones (excluding diaryl/α,β-unsaturated/α-hetero) is 4. The maximum atomic E-state index is 14.8. The van der Waals surface area contributed by atoms with Crippen LogP contribution < -0.4 is 11.1 Å². The van der Waals surface area contributed by atoms with E-state index in [9.17, 15) is 33.6 Å². The largest absolute Gasteiger partial charge is 0.372 e. The summed E-state index contributed by atoms with van der Waals surface area (Å²) in [7, 11) is 0. The summed E-state index contributed by atoms with van der Waals surface area (Å²) in [6.45, 7) is 2.48. The van der Waals surface area contributed by atoms with E-state index >= 15 is 0 Å². The van der Waals surface area contributed by atoms with Crippen LogP contribution in [0.3, 0.4) is 0 Å². The fraction of sp³-hybridized carbons (Fsp3) is 0.596. The summed E-state index contributed by atoms with van der Waals surface area (Å²) in [6, 6.07) is 16.3. The van der Waals surface area contributed by atoms with Crippen molar-refractivity contribution in [1.82, 2.24) is 10.2 Å². The monoisotopic (exact) mass is 797 g/mol. The van der Waals surface area contributed by atoms with Crippen LogP contribution in [0.2, 0.25) is 0 Å². The molecule has 2 saturated carbocycles. The molecule has 1 heterocycles. The molecule has 2 aliphatic carbocycles. The lowest BCUT2D eigenvalue weighted by Crippen LogP contribution is -2.47. The summed E-state index contributed by atoms with van der Waals surface area (Å²) in [4.78, 5) is 96.7. The second-order valence-electron chi connectivity index (χ2n) is 16.8. The number of nitrogens with one attached hydrogen (secondary N) is 1. The standard InChI is InChI=1S/C47H63N3O8/c1-2-3-18-36(45(55)40(51)25-26-43(54)49-44(46(48)56)35-23-14-7-15-24-35)27-42(53)39-28-37(58-31-32-16-8-4-9-17-32)30-50(39)47(57)38(33-19-10-5-11-20-33)29-41(52)34-21-12-6-13-22-34/h4,7-9,14-17,23-24,33-34,36-39,44H,2-3,5-6,10-13,18-22,25-31H2,1H3,(H2,48,56)(H,49,54)/t36?,37-,38?,39+,44?/m1/s1. The highest BCUT2D eigenvalue weighted by Gasteiger charge is 2.45. The van der Waals surface area contributed by atoms with E-state index in [4.69, 9.17) is 10.5 Å². The van der Waals surface area contributed by atoms with Crippen LogP contribution in [-0.2, 0) is 44.9 Å². The molecule has 3 amide bonds. The molecule has 0 aromatic heterocycles. The Hall–Kier alpha value is -4.51. The number of nitrogens with two attached hydrogens (primary N) is 1. The minimum Gasteiger partial charge on any atom is -0.372 e. The maximum absolute atomic E-state index is 14.8. The van der Waals surface area contributed by atoms with Gasteiger partial charge >= 0.3 is 0 Å². The van der Waals surface area contributed by atoms with Gasteiger partial charge in [0.2, 0.25) is 23.5 Å². The van der Waals surface area contributed by atoms with E-state index in [0.29, 0.717) is 25.0 Å². The third-order valence-electron chi connectivity index (χ3n) is 12.6. The summed E-state index contributed by atoms with van der Waals surface area (Å²) in [5, 5.41) is 2.56. The van der Waals surface area contributed by atoms with E-state index in [2.05, 4.69) is 5.32 Å². The molecule has 58 heavy (non-hydrogen) atoms. The highest BCUT2D eigenvalue weighted by molar-refractivity contribution is 6.38. The fourth-order valence-electron chi connectivity index (χ4n) is 9.20. The van der Waals surface area contributed by atoms with Gasteiger partial charge in [0, 0.05) is 56.4 Å². The van der Waals surface area contributed by atoms with Crippen LogP contribution in [0.4, 0.5) is 0 Å². The lowest BCUT2D eigenvalue weighted by Gasteiger charge is -2.35. The van der Waals surface area contributed by atoms with Gasteiger partial charge in [-0.3, -0.25) is 33.6 Å². The van der Waals surface area contributed by atoms with Crippen molar-refractivity contribution in [2.24, 2.45) is 29.4 Å². The van der Waals surface area contributed by atoms with Gasteiger partial charge in [-0.25, -0.2) is 0 Å². The van der Waals surface area contributed by atoms with Gasteiger partial charge in [-0.1, -0.05) is 119 Å². The summed E-state index contributed by atoms with van der Waals surface area (Å²) in [6.07, 6.45) is 10.5. The Morgan fingerprint density at radius 2 is 1.43 bits per heavy atom. The summed E-state index contributed by atoms with van der Waals surface area (Å²) in [5.74, 6) is -4.54. The smallest absolute Gasteiger partial charge is 0.244 e. The first kappa shape index (κ1) is 44.6. The lowest BCUT2D eigenvalue weighted by molar-refractivity contribution is -0.146. The van der Waals surface area contributed by atoms with Crippen LogP contribution in [0.5, 0.6) is 0 Å². The molecule has 2 aromatic carbocycles. The number of carbonyl (C=O) groups excluding carboxylic acids is 7. The first-order valence-corrected chi connectivity index (χ1v) is 21.8. The van der Waals surface area contributed by atoms with Gasteiger partial charge in [0.15, 0.2) is 11.6 Å². The molecule has 3 unspecified atom stereocenters. The molecule has 0 spiro atoms. The van der Waals surface area contributed by atoms with Crippen molar-refractivity contribution in [3.8, 4) is 0 Å². The molecular weight excluding hydrogens is 735 g/mol. The van der Waals surface area contributed by atoms with Crippen molar-refractivity contribution in [3.63, 3.8) is 0 Å². The van der Waals surface area contributed by atoms with E-state index in [1.807, 2.05) is 37.3 Å². The molecular formula is C47H63N3O8. The van der Waals surface area contributed by atoms with Gasteiger partial charge in [0.05, 0.1) is 18.8 Å². The van der Waals surface area contributed by atoms with E-state index in [0.717, 1.165) is 76.2 Å². The third-order valence-corrected chi connectivity index (χ3v) is 12.6. The average molecular weight is 798 g/mol. The molecule has 1 saturated heterocycles. The Morgan fingerprint density at radius 3 is 2.07 bits per heavy atom. The first-order valence-electron chi connectivity index (χ1n) is 21.8. The average Bonchev–Trinajstić information content (AvgIpc) is 3.69. The topological polar surface area (TPSA) is 170 Å². The zero-order valence-corrected chi connectivity index (χ0v) is 34.2. The Morgan fingerprint density at radius 1 is 0.793 bits per heavy atom. The quantitative estimate of drug-likeness (QED) is 0.121. The van der Waals surface area contributed by atoms with Crippen molar-refractivity contribution < 1.29 is 38.3 Å². The summed E-state index contributed by atoms with van der Waals surface area (Å²) < 4.78 is 6.33. The fourth-order valence-corrected chi connectivity index (χ4v) is 9.20. The number of benzene rings is 2. The van der Waals surface area contributed by atoms with Gasteiger partial charge < -0.3 is 20.7 Å². The number of amides is 3. The van der Waals surface area contributed by atoms with Crippen LogP contribution in [0.25, 0.3) is 0 Å². The zero-order valence-electron chi connectivity index (χ0n) is 34.2. The number of hydrogen-bond acceptors (Lipinski definition) is 8. The number of rotatable bonds is 22. The van der Waals surface area contributed by atoms with Gasteiger partial charge in [-0.05, 0) is 49.1 Å². The van der Waals surface area contributed by atoms with E-state index < -0.39 is 53.4 Å². The number of ketones is 4. The van der Waals surface area contributed by atoms with Crippen molar-refractivity contribution >= 4 is 40.9 Å². The number of nitrogens with zero attached hydrogens (tertiary/aromatic N) is 1. The molecule has 0 bridgehead atoms. The molecule has 2 aromatic rings. The van der Waals surface area contributed by atoms with E-state index in [1.54, 1.807) is 35.2 Å². The predicted octanol–water partition coefficient (Wildman–Crippen LogP) is 6.94. The van der Waals surface area contributed by atoms with Crippen LogP contribution in [-0.4, -0.2) is 64.4 Å². The SMILES string of the molecule is CCCCC(CC(=O)[C@@H]1C[C@@H](OCc2ccccc2)CN1C(=O)C(CC(=O)C1CCCCC1)C1CCCCC1)C(=O)C(=O)CCC(=O)NC(C(N)=O)c1ccccc1. The zero-order chi connectivity index (χ0) is 41.4. The molecule has 11 nitrogen and oxygen atoms in total. The number of hydrogen-bond donors (Lipinski definition) is 2. The molecule has 0 radical (unpaired) electrons. The minimum atomic E-state index is -1.09. The highest BCUT2D eigenvalue weighted by Crippen LogP contribution is 2.38. The second-order valence-corrected chi connectivity index (χ2v) is 16.8. The predicted molar refractivity (Wildman–Crippen MR) is 220 cm³/mol. The Balaban J connectivity index is 1.30. The third kappa shape index (κ3) is 12.7. The van der Waals surface area contributed by atoms with Crippen molar-refractivity contribution in [2.45, 2.75) is 147 Å². The second kappa shape index (κ2) is 22.6. The lowest BCUT2D eigenvalue weighted by atomic mass is 9.74. The number of primary amides is 1. The number of carbonyl (C=O) groups is 7. The van der Waals surface area contributed by atoms with Crippen molar-refractivity contribution in [1.29, 1.82) is 0 Å². The summed E-state index contributed by atoms with van der Waals surface area (Å²) in [5.41, 5.74) is 7.00. The van der Waals surface area contributed by atoms with Gasteiger partial charge in [0.1, 0.15) is 11.8 Å². The van der Waals surface area contributed by atoms with E-state index in [-0.39, 0.29) is 68.0 Å². The number of ether oxygens (including phenoxy) is 1. The van der Waals surface area contributed by atoms with Crippen LogP contribution in [0, 0.1) is 23.7 Å². The van der Waals surface area contributed by atoms with Gasteiger partial charge in [-0.15, -0.1) is 0 Å². The van der Waals surface area contributed by atoms with Crippen molar-refractivity contribution in [2.75, 3.05) is 6.54 Å². The molecule has 314 valence electrons. The first-order chi connectivity index (χ1) is 28.0. The molecule has 1 aliphatic heterocycles. The summed E-state index contributed by atoms with van der Waals surface area (Å²) >= 11 is 0. The Bertz CT molecular complexity index is 1700. The highest BCUT2D eigenvalue weighted by atomic mass is 16.5. The van der Waals surface area contributed by atoms with Crippen molar-refractivity contribution in [3.05, 3.63) is 71.8 Å². The molecule has 11 heteroatoms. The van der Waals surface area contributed by atoms with Crippen LogP contribution in [0.1, 0.15) is 140 Å². The number of unbranched alkanes of at least 4 members (excludes halogenated alkanes) is 1. The molecule has 3 N–H and O–H groups in total. The normalized spacial score (nSPS) is 20.5. The van der Waals surface area contributed by atoms with Gasteiger partial charge in [0.25, 0.3) is 0 Å². The maximum Gasteiger partial charge on any atom is 0.244 e. The van der Waals surface area contributed by atoms with Gasteiger partial charge in [-0.2, -0.15) is 0 Å². The molecule has 5 atom stereocenters. The number of likely N-dealkylation sites (tertiary alicyclic amines) is 1. The molecule has 3 aliphatic rings. The van der Waals surface area contributed by atoms with Crippen LogP contribution >= 0.6 is 0 Å². The molecule has 3 fully saturated rings. The van der Waals surface area contributed by atoms with E-state index in [1.165, 1.54) is 0 Å². The Kier molecular flexibility index (Phi) is 17.4. The minimum absolute atomic E-state index is 0.0204. The van der Waals surface area contributed by atoms with Crippen LogP contribution in [0.15, 0.2) is 60.7 Å².